The first-order valence-electron chi connectivity index (χ1n) is 14.5. The van der Waals surface area contributed by atoms with Crippen molar-refractivity contribution in [2.45, 2.75) is 103 Å². The quantitative estimate of drug-likeness (QED) is 0.230. The number of rotatable bonds is 7. The van der Waals surface area contributed by atoms with Crippen LogP contribution in [0.25, 0.3) is 0 Å². The third-order valence-electron chi connectivity index (χ3n) is 10.6. The zero-order chi connectivity index (χ0) is 29.4. The van der Waals surface area contributed by atoms with Gasteiger partial charge in [0, 0.05) is 5.92 Å². The van der Waals surface area contributed by atoms with Crippen LogP contribution < -0.4 is 0 Å². The van der Waals surface area contributed by atoms with Crippen molar-refractivity contribution >= 4 is 34.5 Å². The lowest BCUT2D eigenvalue weighted by molar-refractivity contribution is -0.194. The predicted molar refractivity (Wildman–Crippen MR) is 152 cm³/mol. The van der Waals surface area contributed by atoms with Gasteiger partial charge in [0.1, 0.15) is 0 Å². The number of ether oxygens (including phenoxy) is 3. The van der Waals surface area contributed by atoms with Gasteiger partial charge in [-0.05, 0) is 109 Å². The van der Waals surface area contributed by atoms with Gasteiger partial charge in [-0.15, -0.1) is 0 Å². The summed E-state index contributed by atoms with van der Waals surface area (Å²) >= 11 is 0. The van der Waals surface area contributed by atoms with Crippen molar-refractivity contribution in [1.29, 1.82) is 0 Å². The smallest absolute Gasteiger partial charge is 0.314 e. The molecule has 0 amide bonds. The third kappa shape index (κ3) is 4.46. The molecular weight excluding hydrogens is 532 g/mol. The zero-order valence-corrected chi connectivity index (χ0v) is 27.9. The average molecular weight is 583 g/mol. The largest absolute Gasteiger partial charge is 0.469 e. The van der Waals surface area contributed by atoms with E-state index in [1.807, 2.05) is 6.92 Å². The van der Waals surface area contributed by atoms with Crippen molar-refractivity contribution in [2.24, 2.45) is 39.9 Å². The van der Waals surface area contributed by atoms with E-state index in [2.05, 4.69) is 46.2 Å². The first-order valence-corrected chi connectivity index (χ1v) is 21.3. The Bertz CT molecular complexity index is 1020. The Labute approximate surface area is 236 Å². The molecule has 0 heterocycles. The highest BCUT2D eigenvalue weighted by atomic mass is 28.4. The molecule has 0 aromatic rings. The topological polar surface area (TPSA) is 97.4 Å². The first-order chi connectivity index (χ1) is 17.9. The minimum atomic E-state index is -2.12. The van der Waals surface area contributed by atoms with E-state index in [-0.39, 0.29) is 23.8 Å². The molecule has 39 heavy (non-hydrogen) atoms. The van der Waals surface area contributed by atoms with Crippen LogP contribution >= 0.6 is 0 Å². The fourth-order valence-electron chi connectivity index (χ4n) is 9.99. The highest BCUT2D eigenvalue weighted by Crippen LogP contribution is 2.79. The summed E-state index contributed by atoms with van der Waals surface area (Å²) in [5.41, 5.74) is -3.22. The van der Waals surface area contributed by atoms with Crippen molar-refractivity contribution in [3.63, 3.8) is 0 Å². The summed E-state index contributed by atoms with van der Waals surface area (Å²) in [5, 5.41) is 0. The van der Waals surface area contributed by atoms with Crippen molar-refractivity contribution in [3.8, 4) is 0 Å². The van der Waals surface area contributed by atoms with Gasteiger partial charge in [0.05, 0.1) is 49.8 Å². The molecular formula is C29H50O8Si2. The fraction of sp³-hybridized carbons (Fsp3) is 0.897. The number of methoxy groups -OCH3 is 3. The lowest BCUT2D eigenvalue weighted by Crippen LogP contribution is -2.62. The van der Waals surface area contributed by atoms with Gasteiger partial charge in [-0.2, -0.15) is 0 Å². The molecule has 0 aromatic carbocycles. The van der Waals surface area contributed by atoms with Crippen molar-refractivity contribution in [3.05, 3.63) is 0 Å². The molecule has 4 aliphatic carbocycles. The Kier molecular flexibility index (Phi) is 7.61. The van der Waals surface area contributed by atoms with E-state index >= 15 is 0 Å². The Morgan fingerprint density at radius 2 is 1.41 bits per heavy atom. The van der Waals surface area contributed by atoms with Crippen molar-refractivity contribution in [1.82, 2.24) is 0 Å². The molecule has 9 atom stereocenters. The summed E-state index contributed by atoms with van der Waals surface area (Å²) in [7, 11) is 0.165. The third-order valence-corrected chi connectivity index (χ3v) is 12.7. The van der Waals surface area contributed by atoms with Gasteiger partial charge in [-0.1, -0.05) is 0 Å². The van der Waals surface area contributed by atoms with E-state index in [1.165, 1.54) is 21.3 Å². The standard InChI is InChI=1S/C29H50O8Si2/c1-26(37-39(9,10)11)17-28-16-18(26)12-13-19(28)29(25(32)35-5)15-14-20(36-38(6,7)8)27(2,24(31)34-4)22(29)21(28)23(30)33-3/h18-22H,12-17H2,1-11H3/t18-,19?,20+,21?,22?,26-,27?,28-,29-/m1/s1. The SMILES string of the molecule is COC(=O)C1C2C(C)(C(=O)OC)[C@@H](O[Si](C)(C)C)CC[C@@]2(C(=O)OC)C2CC[C@@H]3C[C@]12C[C@@]3(C)O[Si](C)(C)C. The van der Waals surface area contributed by atoms with Gasteiger partial charge in [0.15, 0.2) is 16.6 Å². The summed E-state index contributed by atoms with van der Waals surface area (Å²) in [6.45, 7) is 16.9. The molecule has 1 spiro atoms. The van der Waals surface area contributed by atoms with Gasteiger partial charge in [0.2, 0.25) is 0 Å². The highest BCUT2D eigenvalue weighted by Gasteiger charge is 2.82. The summed E-state index contributed by atoms with van der Waals surface area (Å²) in [6.07, 6.45) is 3.67. The Morgan fingerprint density at radius 1 is 0.795 bits per heavy atom. The molecule has 4 aliphatic rings. The second-order valence-electron chi connectivity index (χ2n) is 15.0. The summed E-state index contributed by atoms with van der Waals surface area (Å²) in [5.74, 6) is -2.36. The van der Waals surface area contributed by atoms with Gasteiger partial charge >= 0.3 is 17.9 Å². The van der Waals surface area contributed by atoms with Crippen LogP contribution in [0, 0.1) is 39.9 Å². The maximum Gasteiger partial charge on any atom is 0.314 e. The lowest BCUT2D eigenvalue weighted by Gasteiger charge is -2.54. The summed E-state index contributed by atoms with van der Waals surface area (Å²) in [4.78, 5) is 42.2. The van der Waals surface area contributed by atoms with Crippen LogP contribution in [0.3, 0.4) is 0 Å². The number of fused-ring (bicyclic) bond motifs is 3. The highest BCUT2D eigenvalue weighted by molar-refractivity contribution is 6.70. The molecule has 4 rings (SSSR count). The summed E-state index contributed by atoms with van der Waals surface area (Å²) in [6, 6.07) is 0. The Balaban J connectivity index is 2.00. The van der Waals surface area contributed by atoms with E-state index in [1.54, 1.807) is 0 Å². The van der Waals surface area contributed by atoms with Gasteiger partial charge < -0.3 is 23.1 Å². The molecule has 4 fully saturated rings. The molecule has 4 unspecified atom stereocenters. The van der Waals surface area contributed by atoms with Crippen LogP contribution in [0.15, 0.2) is 0 Å². The molecule has 8 nitrogen and oxygen atoms in total. The Morgan fingerprint density at radius 3 is 1.92 bits per heavy atom. The van der Waals surface area contributed by atoms with Gasteiger partial charge in [-0.3, -0.25) is 14.4 Å². The van der Waals surface area contributed by atoms with Crippen LogP contribution in [0.5, 0.6) is 0 Å². The monoisotopic (exact) mass is 582 g/mol. The minimum absolute atomic E-state index is 0.133. The maximum absolute atomic E-state index is 14.2. The van der Waals surface area contributed by atoms with Gasteiger partial charge in [-0.25, -0.2) is 0 Å². The predicted octanol–water partition coefficient (Wildman–Crippen LogP) is 5.17. The molecule has 4 saturated carbocycles. The molecule has 0 radical (unpaired) electrons. The molecule has 0 aromatic heterocycles. The van der Waals surface area contributed by atoms with E-state index in [0.717, 1.165) is 19.3 Å². The van der Waals surface area contributed by atoms with Crippen LogP contribution in [0.1, 0.15) is 52.4 Å². The Hall–Kier alpha value is -1.24. The number of carbonyl (C=O) groups excluding carboxylic acids is 3. The molecule has 10 heteroatoms. The number of esters is 3. The van der Waals surface area contributed by atoms with E-state index < -0.39 is 62.4 Å². The minimum Gasteiger partial charge on any atom is -0.469 e. The number of hydrogen-bond donors (Lipinski definition) is 0. The average Bonchev–Trinajstić information content (AvgIpc) is 3.21. The molecule has 0 saturated heterocycles. The second-order valence-corrected chi connectivity index (χ2v) is 23.9. The summed E-state index contributed by atoms with van der Waals surface area (Å²) < 4.78 is 30.2. The van der Waals surface area contributed by atoms with Gasteiger partial charge in [0.25, 0.3) is 0 Å². The van der Waals surface area contributed by atoms with E-state index in [9.17, 15) is 14.4 Å². The normalized spacial score (nSPS) is 43.3. The zero-order valence-electron chi connectivity index (χ0n) is 25.9. The van der Waals surface area contributed by atoms with Crippen LogP contribution in [0.2, 0.25) is 39.3 Å². The van der Waals surface area contributed by atoms with Crippen LogP contribution in [-0.4, -0.2) is 67.6 Å². The van der Waals surface area contributed by atoms with E-state index in [4.69, 9.17) is 23.1 Å². The van der Waals surface area contributed by atoms with Crippen molar-refractivity contribution < 1.29 is 37.4 Å². The van der Waals surface area contributed by atoms with E-state index in [0.29, 0.717) is 19.3 Å². The fourth-order valence-corrected chi connectivity index (χ4v) is 12.8. The molecule has 222 valence electrons. The number of carbonyl (C=O) groups is 3. The number of hydrogen-bond acceptors (Lipinski definition) is 8. The molecule has 2 bridgehead atoms. The lowest BCUT2D eigenvalue weighted by atomic mass is 9.51. The first kappa shape index (κ1) is 30.7. The molecule has 0 aliphatic heterocycles. The van der Waals surface area contributed by atoms with Crippen LogP contribution in [-0.2, 0) is 37.4 Å². The molecule has 0 N–H and O–H groups in total. The second kappa shape index (κ2) is 9.66. The van der Waals surface area contributed by atoms with Crippen LogP contribution in [0.4, 0.5) is 0 Å². The van der Waals surface area contributed by atoms with Crippen molar-refractivity contribution in [2.75, 3.05) is 21.3 Å². The maximum atomic E-state index is 14.2.